The first-order chi connectivity index (χ1) is 21.5. The van der Waals surface area contributed by atoms with Gasteiger partial charge in [-0.2, -0.15) is 0 Å². The molecule has 45 heavy (non-hydrogen) atoms. The summed E-state index contributed by atoms with van der Waals surface area (Å²) in [4.78, 5) is 30.0. The molecule has 236 valence electrons. The van der Waals surface area contributed by atoms with Crippen LogP contribution in [0.3, 0.4) is 0 Å². The van der Waals surface area contributed by atoms with Gasteiger partial charge in [0.2, 0.25) is 11.8 Å². The van der Waals surface area contributed by atoms with Crippen molar-refractivity contribution in [2.45, 2.75) is 64.9 Å². The Morgan fingerprint density at radius 3 is 2.07 bits per heavy atom. The predicted octanol–water partition coefficient (Wildman–Crippen LogP) is 6.28. The SMILES string of the molecule is CCCNC(=O)[C@H](Cc1ccccc1)N(Cc1ccccc1C)C(=O)CN(c1ccc(C)cc1C)S(=O)(=O)c1ccc(C)cc1. The summed E-state index contributed by atoms with van der Waals surface area (Å²) in [6, 6.07) is 28.5. The highest BCUT2D eigenvalue weighted by atomic mass is 32.2. The molecule has 0 bridgehead atoms. The van der Waals surface area contributed by atoms with Crippen LogP contribution in [0, 0.1) is 27.7 Å². The number of nitrogens with one attached hydrogen (secondary N) is 1. The second-order valence-electron chi connectivity index (χ2n) is 11.6. The zero-order chi connectivity index (χ0) is 32.6. The predicted molar refractivity (Wildman–Crippen MR) is 181 cm³/mol. The lowest BCUT2D eigenvalue weighted by Gasteiger charge is -2.34. The zero-order valence-corrected chi connectivity index (χ0v) is 27.6. The minimum atomic E-state index is -4.15. The first-order valence-electron chi connectivity index (χ1n) is 15.3. The number of amides is 2. The van der Waals surface area contributed by atoms with E-state index >= 15 is 0 Å². The summed E-state index contributed by atoms with van der Waals surface area (Å²) in [5.74, 6) is -0.747. The highest BCUT2D eigenvalue weighted by molar-refractivity contribution is 7.92. The molecule has 4 aromatic carbocycles. The number of carbonyl (C=O) groups excluding carboxylic acids is 2. The van der Waals surface area contributed by atoms with Crippen molar-refractivity contribution in [1.82, 2.24) is 10.2 Å². The van der Waals surface area contributed by atoms with Gasteiger partial charge in [0.1, 0.15) is 12.6 Å². The first-order valence-corrected chi connectivity index (χ1v) is 16.8. The maximum Gasteiger partial charge on any atom is 0.264 e. The van der Waals surface area contributed by atoms with E-state index in [2.05, 4.69) is 5.32 Å². The lowest BCUT2D eigenvalue weighted by Crippen LogP contribution is -2.53. The molecule has 0 aliphatic carbocycles. The summed E-state index contributed by atoms with van der Waals surface area (Å²) in [7, 11) is -4.15. The largest absolute Gasteiger partial charge is 0.354 e. The van der Waals surface area contributed by atoms with E-state index < -0.39 is 28.5 Å². The van der Waals surface area contributed by atoms with Gasteiger partial charge >= 0.3 is 0 Å². The molecular weight excluding hydrogens is 582 g/mol. The molecule has 1 N–H and O–H groups in total. The third-order valence-electron chi connectivity index (χ3n) is 7.93. The molecule has 2 amide bonds. The van der Waals surface area contributed by atoms with Gasteiger partial charge in [0, 0.05) is 19.5 Å². The molecular formula is C37H43N3O4S. The van der Waals surface area contributed by atoms with Crippen molar-refractivity contribution in [3.63, 3.8) is 0 Å². The van der Waals surface area contributed by atoms with Crippen molar-refractivity contribution in [2.75, 3.05) is 17.4 Å². The summed E-state index contributed by atoms with van der Waals surface area (Å²) in [5.41, 5.74) is 5.80. The fourth-order valence-corrected chi connectivity index (χ4v) is 6.81. The molecule has 1 atom stereocenters. The van der Waals surface area contributed by atoms with E-state index in [1.54, 1.807) is 35.2 Å². The van der Waals surface area contributed by atoms with Crippen LogP contribution in [0.15, 0.2) is 102 Å². The molecule has 0 saturated heterocycles. The van der Waals surface area contributed by atoms with E-state index in [0.717, 1.165) is 39.8 Å². The molecule has 0 spiro atoms. The van der Waals surface area contributed by atoms with E-state index in [9.17, 15) is 18.0 Å². The second-order valence-corrected chi connectivity index (χ2v) is 13.4. The quantitative estimate of drug-likeness (QED) is 0.190. The Morgan fingerprint density at radius 2 is 1.42 bits per heavy atom. The van der Waals surface area contributed by atoms with Gasteiger partial charge in [-0.25, -0.2) is 8.42 Å². The fourth-order valence-electron chi connectivity index (χ4n) is 5.33. The fraction of sp³-hybridized carbons (Fsp3) is 0.297. The van der Waals surface area contributed by atoms with Crippen LogP contribution in [-0.4, -0.2) is 44.3 Å². The molecule has 0 heterocycles. The number of rotatable bonds is 13. The van der Waals surface area contributed by atoms with Gasteiger partial charge in [0.15, 0.2) is 0 Å². The average Bonchev–Trinajstić information content (AvgIpc) is 3.02. The van der Waals surface area contributed by atoms with Crippen molar-refractivity contribution in [3.05, 3.63) is 130 Å². The van der Waals surface area contributed by atoms with Crippen LogP contribution in [0.1, 0.15) is 46.7 Å². The van der Waals surface area contributed by atoms with Crippen LogP contribution >= 0.6 is 0 Å². The Balaban J connectivity index is 1.83. The highest BCUT2D eigenvalue weighted by Crippen LogP contribution is 2.29. The van der Waals surface area contributed by atoms with Crippen LogP contribution in [-0.2, 0) is 32.6 Å². The molecule has 4 aromatic rings. The molecule has 0 radical (unpaired) electrons. The van der Waals surface area contributed by atoms with Crippen LogP contribution in [0.5, 0.6) is 0 Å². The van der Waals surface area contributed by atoms with Crippen LogP contribution in [0.2, 0.25) is 0 Å². The Morgan fingerprint density at radius 1 is 0.778 bits per heavy atom. The van der Waals surface area contributed by atoms with E-state index in [4.69, 9.17) is 0 Å². The summed E-state index contributed by atoms with van der Waals surface area (Å²) >= 11 is 0. The number of hydrogen-bond donors (Lipinski definition) is 1. The molecule has 8 heteroatoms. The van der Waals surface area contributed by atoms with Crippen molar-refractivity contribution in [3.8, 4) is 0 Å². The molecule has 7 nitrogen and oxygen atoms in total. The Labute approximate surface area is 268 Å². The van der Waals surface area contributed by atoms with Gasteiger partial charge in [-0.15, -0.1) is 0 Å². The number of aryl methyl sites for hydroxylation is 4. The minimum Gasteiger partial charge on any atom is -0.354 e. The average molecular weight is 626 g/mol. The van der Waals surface area contributed by atoms with E-state index in [1.165, 1.54) is 4.31 Å². The van der Waals surface area contributed by atoms with Crippen molar-refractivity contribution >= 4 is 27.5 Å². The molecule has 4 rings (SSSR count). The molecule has 0 fully saturated rings. The third-order valence-corrected chi connectivity index (χ3v) is 9.71. The molecule has 0 saturated carbocycles. The minimum absolute atomic E-state index is 0.0906. The Bertz CT molecular complexity index is 1720. The highest BCUT2D eigenvalue weighted by Gasteiger charge is 2.35. The standard InChI is InChI=1S/C37H43N3O4S/c1-6-22-38-37(42)35(24-31-13-8-7-9-14-31)39(25-32-15-11-10-12-29(32)4)36(41)26-40(34-21-18-28(3)23-30(34)5)45(43,44)33-19-16-27(2)17-20-33/h7-21,23,35H,6,22,24-26H2,1-5H3,(H,38,42)/t35-/m0/s1. The van der Waals surface area contributed by atoms with Crippen LogP contribution < -0.4 is 9.62 Å². The topological polar surface area (TPSA) is 86.8 Å². The normalized spacial score (nSPS) is 11.9. The first kappa shape index (κ1) is 33.5. The second kappa shape index (κ2) is 15.0. The van der Waals surface area contributed by atoms with Gasteiger partial charge < -0.3 is 10.2 Å². The van der Waals surface area contributed by atoms with Crippen LogP contribution in [0.25, 0.3) is 0 Å². The molecule has 0 aliphatic heterocycles. The van der Waals surface area contributed by atoms with E-state index in [0.29, 0.717) is 12.2 Å². The summed E-state index contributed by atoms with van der Waals surface area (Å²) in [6.45, 7) is 9.74. The van der Waals surface area contributed by atoms with E-state index in [-0.39, 0.29) is 23.8 Å². The third kappa shape index (κ3) is 8.39. The maximum absolute atomic E-state index is 14.6. The van der Waals surface area contributed by atoms with Crippen molar-refractivity contribution in [2.24, 2.45) is 0 Å². The summed E-state index contributed by atoms with van der Waals surface area (Å²) < 4.78 is 29.7. The monoisotopic (exact) mass is 625 g/mol. The van der Waals surface area contributed by atoms with Gasteiger partial charge in [0.25, 0.3) is 10.0 Å². The Kier molecular flexibility index (Phi) is 11.2. The van der Waals surface area contributed by atoms with Gasteiger partial charge in [0.05, 0.1) is 10.6 Å². The lowest BCUT2D eigenvalue weighted by atomic mass is 10.0. The van der Waals surface area contributed by atoms with Crippen molar-refractivity contribution < 1.29 is 18.0 Å². The maximum atomic E-state index is 14.6. The zero-order valence-electron chi connectivity index (χ0n) is 26.8. The lowest BCUT2D eigenvalue weighted by molar-refractivity contribution is -0.140. The number of hydrogen-bond acceptors (Lipinski definition) is 4. The van der Waals surface area contributed by atoms with Gasteiger partial charge in [-0.05, 0) is 74.6 Å². The smallest absolute Gasteiger partial charge is 0.264 e. The van der Waals surface area contributed by atoms with Gasteiger partial charge in [-0.3, -0.25) is 13.9 Å². The number of benzene rings is 4. The molecule has 0 unspecified atom stereocenters. The number of anilines is 1. The number of nitrogens with zero attached hydrogens (tertiary/aromatic N) is 2. The van der Waals surface area contributed by atoms with Gasteiger partial charge in [-0.1, -0.05) is 96.9 Å². The van der Waals surface area contributed by atoms with Crippen LogP contribution in [0.4, 0.5) is 5.69 Å². The molecule has 0 aliphatic rings. The van der Waals surface area contributed by atoms with Crippen molar-refractivity contribution in [1.29, 1.82) is 0 Å². The number of carbonyl (C=O) groups is 2. The van der Waals surface area contributed by atoms with E-state index in [1.807, 2.05) is 101 Å². The summed E-state index contributed by atoms with van der Waals surface area (Å²) in [5, 5.41) is 2.99. The summed E-state index contributed by atoms with van der Waals surface area (Å²) in [6.07, 6.45) is 1.02. The number of sulfonamides is 1. The Hall–Kier alpha value is -4.43. The molecule has 0 aromatic heterocycles.